The molecule has 88 valence electrons. The van der Waals surface area contributed by atoms with Gasteiger partial charge in [-0.1, -0.05) is 5.11 Å². The first kappa shape index (κ1) is 12.3. The van der Waals surface area contributed by atoms with Crippen molar-refractivity contribution in [2.75, 3.05) is 20.2 Å². The Morgan fingerprint density at radius 1 is 1.69 bits per heavy atom. The van der Waals surface area contributed by atoms with Crippen molar-refractivity contribution in [3.8, 4) is 0 Å². The Morgan fingerprint density at radius 2 is 2.38 bits per heavy atom. The maximum atomic E-state index is 11.5. The number of hydrogen-bond donors (Lipinski definition) is 1. The van der Waals surface area contributed by atoms with Crippen molar-refractivity contribution in [1.29, 1.82) is 0 Å². The number of ether oxygens (including phenoxy) is 1. The Labute approximate surface area is 92.0 Å². The average Bonchev–Trinajstić information content (AvgIpc) is 2.71. The Morgan fingerprint density at radius 3 is 2.88 bits per heavy atom. The Hall–Kier alpha value is -1.79. The van der Waals surface area contributed by atoms with Gasteiger partial charge >= 0.3 is 5.97 Å². The van der Waals surface area contributed by atoms with E-state index < -0.39 is 18.1 Å². The minimum atomic E-state index is -0.698. The van der Waals surface area contributed by atoms with Gasteiger partial charge in [0.1, 0.15) is 6.04 Å². The first-order valence-electron chi connectivity index (χ1n) is 4.75. The fraction of sp³-hybridized carbons (Fsp3) is 0.750. The average molecular weight is 227 g/mol. The van der Waals surface area contributed by atoms with Gasteiger partial charge in [0, 0.05) is 11.5 Å². The molecule has 0 aromatic rings. The number of methoxy groups -OCH3 is 1. The normalized spacial score (nSPS) is 23.8. The number of carbonyl (C=O) groups is 2. The molecule has 0 radical (unpaired) electrons. The van der Waals surface area contributed by atoms with Gasteiger partial charge in [0.05, 0.1) is 19.7 Å². The van der Waals surface area contributed by atoms with Gasteiger partial charge in [-0.15, -0.1) is 0 Å². The summed E-state index contributed by atoms with van der Waals surface area (Å²) in [6.45, 7) is 0.0241. The van der Waals surface area contributed by atoms with E-state index in [0.717, 1.165) is 0 Å². The van der Waals surface area contributed by atoms with Crippen molar-refractivity contribution in [2.24, 2.45) is 10.8 Å². The fourth-order valence-electron chi connectivity index (χ4n) is 1.72. The summed E-state index contributed by atoms with van der Waals surface area (Å²) in [5, 5.41) is 3.50. The van der Waals surface area contributed by atoms with E-state index in [4.69, 9.17) is 11.3 Å². The van der Waals surface area contributed by atoms with Crippen LogP contribution in [0.1, 0.15) is 6.42 Å². The monoisotopic (exact) mass is 227 g/mol. The molecule has 8 nitrogen and oxygen atoms in total. The lowest BCUT2D eigenvalue weighted by Gasteiger charge is -2.21. The summed E-state index contributed by atoms with van der Waals surface area (Å²) in [5.74, 6) is -0.872. The molecule has 0 aromatic heterocycles. The van der Waals surface area contributed by atoms with Gasteiger partial charge in [-0.3, -0.25) is 4.79 Å². The topological polar surface area (TPSA) is 121 Å². The Bertz CT molecular complexity index is 315. The van der Waals surface area contributed by atoms with Crippen LogP contribution in [0.15, 0.2) is 5.11 Å². The number of nitrogens with zero attached hydrogens (tertiary/aromatic N) is 4. The molecule has 0 aromatic carbocycles. The summed E-state index contributed by atoms with van der Waals surface area (Å²) in [5.41, 5.74) is 13.5. The molecule has 1 rings (SSSR count). The van der Waals surface area contributed by atoms with Gasteiger partial charge in [0.15, 0.2) is 0 Å². The van der Waals surface area contributed by atoms with Gasteiger partial charge in [-0.05, 0) is 12.0 Å². The van der Waals surface area contributed by atoms with E-state index in [0.29, 0.717) is 0 Å². The Kier molecular flexibility index (Phi) is 4.10. The van der Waals surface area contributed by atoms with Gasteiger partial charge in [-0.25, -0.2) is 4.79 Å². The van der Waals surface area contributed by atoms with E-state index in [1.807, 2.05) is 0 Å². The van der Waals surface area contributed by atoms with Gasteiger partial charge in [-0.2, -0.15) is 0 Å². The predicted octanol–water partition coefficient (Wildman–Crippen LogP) is -0.602. The number of azide groups is 1. The quantitative estimate of drug-likeness (QED) is 0.299. The molecule has 0 spiro atoms. The lowest BCUT2D eigenvalue weighted by atomic mass is 10.2. The first-order valence-corrected chi connectivity index (χ1v) is 4.75. The molecule has 0 aliphatic carbocycles. The van der Waals surface area contributed by atoms with Crippen molar-refractivity contribution < 1.29 is 14.3 Å². The van der Waals surface area contributed by atoms with Gasteiger partial charge < -0.3 is 15.4 Å². The summed E-state index contributed by atoms with van der Waals surface area (Å²) in [4.78, 5) is 26.8. The maximum Gasteiger partial charge on any atom is 0.328 e. The van der Waals surface area contributed by atoms with E-state index in [1.54, 1.807) is 0 Å². The molecule has 1 heterocycles. The first-order chi connectivity index (χ1) is 7.63. The Balaban J connectivity index is 2.82. The second kappa shape index (κ2) is 5.34. The maximum absolute atomic E-state index is 11.5. The molecular weight excluding hydrogens is 214 g/mol. The van der Waals surface area contributed by atoms with Crippen LogP contribution in [-0.2, 0) is 14.3 Å². The van der Waals surface area contributed by atoms with Crippen molar-refractivity contribution >= 4 is 11.9 Å². The molecule has 0 saturated carbocycles. The summed E-state index contributed by atoms with van der Waals surface area (Å²) < 4.78 is 4.58. The molecule has 1 saturated heterocycles. The van der Waals surface area contributed by atoms with E-state index in [9.17, 15) is 9.59 Å². The van der Waals surface area contributed by atoms with Gasteiger partial charge in [0.2, 0.25) is 5.91 Å². The van der Waals surface area contributed by atoms with Crippen LogP contribution in [0.5, 0.6) is 0 Å². The third kappa shape index (κ3) is 2.41. The van der Waals surface area contributed by atoms with Crippen LogP contribution in [0.4, 0.5) is 0 Å². The molecule has 0 unspecified atom stereocenters. The highest BCUT2D eigenvalue weighted by Gasteiger charge is 2.39. The van der Waals surface area contributed by atoms with Crippen molar-refractivity contribution in [2.45, 2.75) is 18.5 Å². The van der Waals surface area contributed by atoms with E-state index >= 15 is 0 Å². The molecule has 1 fully saturated rings. The number of rotatable bonds is 3. The number of likely N-dealkylation sites (tertiary alicyclic amines) is 1. The SMILES string of the molecule is COC(=O)[C@@H]1C[C@@H](N=[N+]=[N-])CN1C(=O)CN. The van der Waals surface area contributed by atoms with Crippen LogP contribution in [0.3, 0.4) is 0 Å². The van der Waals surface area contributed by atoms with Crippen LogP contribution in [-0.4, -0.2) is 49.1 Å². The summed E-state index contributed by atoms with van der Waals surface area (Å²) in [6, 6.07) is -1.10. The number of hydrogen-bond acceptors (Lipinski definition) is 5. The van der Waals surface area contributed by atoms with Crippen molar-refractivity contribution in [3.63, 3.8) is 0 Å². The highest BCUT2D eigenvalue weighted by molar-refractivity contribution is 5.86. The lowest BCUT2D eigenvalue weighted by Crippen LogP contribution is -2.44. The fourth-order valence-corrected chi connectivity index (χ4v) is 1.72. The molecule has 16 heavy (non-hydrogen) atoms. The van der Waals surface area contributed by atoms with Crippen LogP contribution in [0.25, 0.3) is 10.4 Å². The highest BCUT2D eigenvalue weighted by atomic mass is 16.5. The summed E-state index contributed by atoms with van der Waals surface area (Å²) in [6.07, 6.45) is 0.280. The molecular formula is C8H13N5O3. The third-order valence-corrected chi connectivity index (χ3v) is 2.46. The van der Waals surface area contributed by atoms with Gasteiger partial charge in [0.25, 0.3) is 0 Å². The summed E-state index contributed by atoms with van der Waals surface area (Å²) >= 11 is 0. The molecule has 1 amide bonds. The standard InChI is InChI=1S/C8H13N5O3/c1-16-8(15)6-2-5(11-12-10)4-13(6)7(14)3-9/h5-6H,2-4,9H2,1H3/t5-,6+/m1/s1. The molecule has 1 aliphatic heterocycles. The third-order valence-electron chi connectivity index (χ3n) is 2.46. The molecule has 0 bridgehead atoms. The predicted molar refractivity (Wildman–Crippen MR) is 54.1 cm³/mol. The van der Waals surface area contributed by atoms with Crippen LogP contribution < -0.4 is 5.73 Å². The number of nitrogens with two attached hydrogens (primary N) is 1. The zero-order valence-electron chi connectivity index (χ0n) is 8.87. The van der Waals surface area contributed by atoms with Crippen LogP contribution in [0.2, 0.25) is 0 Å². The highest BCUT2D eigenvalue weighted by Crippen LogP contribution is 2.21. The minimum Gasteiger partial charge on any atom is -0.467 e. The largest absolute Gasteiger partial charge is 0.467 e. The molecule has 2 N–H and O–H groups in total. The minimum absolute atomic E-state index is 0.184. The van der Waals surface area contributed by atoms with Crippen LogP contribution >= 0.6 is 0 Å². The molecule has 8 heteroatoms. The molecule has 1 aliphatic rings. The summed E-state index contributed by atoms with van der Waals surface area (Å²) in [7, 11) is 1.24. The number of carbonyl (C=O) groups excluding carboxylic acids is 2. The zero-order chi connectivity index (χ0) is 12.1. The zero-order valence-corrected chi connectivity index (χ0v) is 8.87. The van der Waals surface area contributed by atoms with E-state index in [-0.39, 0.29) is 25.4 Å². The smallest absolute Gasteiger partial charge is 0.328 e. The number of esters is 1. The van der Waals surface area contributed by atoms with E-state index in [2.05, 4.69) is 14.8 Å². The van der Waals surface area contributed by atoms with Crippen molar-refractivity contribution in [3.05, 3.63) is 10.4 Å². The second-order valence-electron chi connectivity index (χ2n) is 3.38. The second-order valence-corrected chi connectivity index (χ2v) is 3.38. The van der Waals surface area contributed by atoms with Crippen molar-refractivity contribution in [1.82, 2.24) is 4.90 Å². The lowest BCUT2D eigenvalue weighted by molar-refractivity contribution is -0.150. The molecule has 2 atom stereocenters. The van der Waals surface area contributed by atoms with Crippen LogP contribution in [0, 0.1) is 0 Å². The van der Waals surface area contributed by atoms with E-state index in [1.165, 1.54) is 12.0 Å². The number of amides is 1.